The van der Waals surface area contributed by atoms with Crippen LogP contribution in [0.25, 0.3) is 10.8 Å². The number of rotatable bonds is 4. The van der Waals surface area contributed by atoms with Gasteiger partial charge < -0.3 is 13.9 Å². The number of methoxy groups -OCH3 is 2. The normalized spacial score (nSPS) is 10.5. The number of hydrogen-bond acceptors (Lipinski definition) is 6. The van der Waals surface area contributed by atoms with Gasteiger partial charge in [-0.05, 0) is 11.4 Å². The Bertz CT molecular complexity index is 504. The minimum atomic E-state index is -0.549. The van der Waals surface area contributed by atoms with Crippen molar-refractivity contribution in [1.29, 1.82) is 0 Å². The summed E-state index contributed by atoms with van der Waals surface area (Å²) >= 11 is 1.49. The number of thiophene rings is 1. The van der Waals surface area contributed by atoms with Crippen molar-refractivity contribution in [3.05, 3.63) is 29.0 Å². The van der Waals surface area contributed by atoms with Crippen LogP contribution in [0.3, 0.4) is 0 Å². The predicted molar refractivity (Wildman–Crippen MR) is 61.9 cm³/mol. The topological polar surface area (TPSA) is 61.6 Å². The molecule has 0 saturated heterocycles. The van der Waals surface area contributed by atoms with Crippen LogP contribution in [0.1, 0.15) is 16.2 Å². The first-order valence-electron chi connectivity index (χ1n) is 4.87. The molecule has 2 heterocycles. The fourth-order valence-electron chi connectivity index (χ4n) is 1.34. The second-order valence-electron chi connectivity index (χ2n) is 3.20. The lowest BCUT2D eigenvalue weighted by molar-refractivity contribution is 0.0559. The molecule has 0 radical (unpaired) electrons. The van der Waals surface area contributed by atoms with Gasteiger partial charge in [0.25, 0.3) is 0 Å². The van der Waals surface area contributed by atoms with Crippen LogP contribution in [0.2, 0.25) is 0 Å². The number of oxazole rings is 1. The molecule has 0 aliphatic heterocycles. The Morgan fingerprint density at radius 2 is 2.35 bits per heavy atom. The molecule has 0 unspecified atom stereocenters. The number of esters is 1. The van der Waals surface area contributed by atoms with Crippen LogP contribution in [0, 0.1) is 0 Å². The van der Waals surface area contributed by atoms with Gasteiger partial charge in [0.2, 0.25) is 11.7 Å². The monoisotopic (exact) mass is 253 g/mol. The average molecular weight is 253 g/mol. The Balaban J connectivity index is 2.40. The van der Waals surface area contributed by atoms with Crippen molar-refractivity contribution in [2.24, 2.45) is 0 Å². The Hall–Kier alpha value is -1.66. The molecule has 2 aromatic heterocycles. The van der Waals surface area contributed by atoms with E-state index in [0.29, 0.717) is 11.6 Å². The number of carbonyl (C=O) groups is 1. The molecule has 2 aromatic rings. The molecule has 0 spiro atoms. The zero-order valence-electron chi connectivity index (χ0n) is 9.43. The van der Waals surface area contributed by atoms with Gasteiger partial charge in [-0.1, -0.05) is 6.07 Å². The lowest BCUT2D eigenvalue weighted by atomic mass is 10.3. The molecule has 90 valence electrons. The number of hydrogen-bond donors (Lipinski definition) is 0. The van der Waals surface area contributed by atoms with Crippen molar-refractivity contribution in [2.75, 3.05) is 14.2 Å². The van der Waals surface area contributed by atoms with Crippen LogP contribution in [0.15, 0.2) is 21.9 Å². The van der Waals surface area contributed by atoms with Crippen molar-refractivity contribution in [2.45, 2.75) is 6.61 Å². The average Bonchev–Trinajstić information content (AvgIpc) is 2.96. The first-order chi connectivity index (χ1) is 8.26. The predicted octanol–water partition coefficient (Wildman–Crippen LogP) is 2.34. The van der Waals surface area contributed by atoms with Crippen molar-refractivity contribution in [1.82, 2.24) is 4.98 Å². The summed E-state index contributed by atoms with van der Waals surface area (Å²) in [7, 11) is 2.83. The maximum Gasteiger partial charge on any atom is 0.376 e. The number of aromatic nitrogens is 1. The Labute approximate surface area is 102 Å². The molecule has 0 amide bonds. The summed E-state index contributed by atoms with van der Waals surface area (Å²) in [6.07, 6.45) is 0. The molecule has 0 saturated carbocycles. The Kier molecular flexibility index (Phi) is 3.55. The third-order valence-corrected chi connectivity index (χ3v) is 2.94. The SMILES string of the molecule is COCc1nc(-c2cccs2)oc1C(=O)OC. The minimum absolute atomic E-state index is 0.0951. The van der Waals surface area contributed by atoms with E-state index in [1.165, 1.54) is 25.6 Å². The largest absolute Gasteiger partial charge is 0.463 e. The van der Waals surface area contributed by atoms with Crippen molar-refractivity contribution in [3.63, 3.8) is 0 Å². The summed E-state index contributed by atoms with van der Waals surface area (Å²) in [5.74, 6) is -0.0439. The molecule has 6 heteroatoms. The lowest BCUT2D eigenvalue weighted by Crippen LogP contribution is -2.04. The summed E-state index contributed by atoms with van der Waals surface area (Å²) in [5, 5.41) is 1.91. The fraction of sp³-hybridized carbons (Fsp3) is 0.273. The van der Waals surface area contributed by atoms with E-state index in [0.717, 1.165) is 4.88 Å². The fourth-order valence-corrected chi connectivity index (χ4v) is 1.99. The highest BCUT2D eigenvalue weighted by Crippen LogP contribution is 2.26. The summed E-state index contributed by atoms with van der Waals surface area (Å²) in [4.78, 5) is 16.6. The van der Waals surface area contributed by atoms with Crippen molar-refractivity contribution >= 4 is 17.3 Å². The van der Waals surface area contributed by atoms with Crippen LogP contribution in [0.5, 0.6) is 0 Å². The van der Waals surface area contributed by atoms with E-state index in [1.54, 1.807) is 0 Å². The molecular formula is C11H11NO4S. The molecule has 0 bridgehead atoms. The second-order valence-corrected chi connectivity index (χ2v) is 4.14. The molecule has 0 aromatic carbocycles. The van der Waals surface area contributed by atoms with Gasteiger partial charge in [0, 0.05) is 7.11 Å². The number of nitrogens with zero attached hydrogens (tertiary/aromatic N) is 1. The van der Waals surface area contributed by atoms with E-state index in [-0.39, 0.29) is 12.4 Å². The van der Waals surface area contributed by atoms with Gasteiger partial charge in [0.15, 0.2) is 0 Å². The molecular weight excluding hydrogens is 242 g/mol. The maximum atomic E-state index is 11.5. The molecule has 5 nitrogen and oxygen atoms in total. The van der Waals surface area contributed by atoms with E-state index in [4.69, 9.17) is 9.15 Å². The highest BCUT2D eigenvalue weighted by molar-refractivity contribution is 7.13. The third kappa shape index (κ3) is 2.37. The zero-order valence-corrected chi connectivity index (χ0v) is 10.2. The number of ether oxygens (including phenoxy) is 2. The first-order valence-corrected chi connectivity index (χ1v) is 5.75. The van der Waals surface area contributed by atoms with Gasteiger partial charge in [-0.2, -0.15) is 0 Å². The molecule has 0 aliphatic carbocycles. The minimum Gasteiger partial charge on any atom is -0.463 e. The molecule has 0 aliphatic rings. The zero-order chi connectivity index (χ0) is 12.3. The van der Waals surface area contributed by atoms with Gasteiger partial charge in [-0.15, -0.1) is 11.3 Å². The highest BCUT2D eigenvalue weighted by atomic mass is 32.1. The highest BCUT2D eigenvalue weighted by Gasteiger charge is 2.21. The standard InChI is InChI=1S/C11H11NO4S/c1-14-6-7-9(11(13)15-2)16-10(12-7)8-4-3-5-17-8/h3-5H,6H2,1-2H3. The van der Waals surface area contributed by atoms with Crippen molar-refractivity contribution < 1.29 is 18.7 Å². The maximum absolute atomic E-state index is 11.5. The van der Waals surface area contributed by atoms with Gasteiger partial charge in [0.1, 0.15) is 5.69 Å². The van der Waals surface area contributed by atoms with Gasteiger partial charge in [0.05, 0.1) is 18.6 Å². The summed E-state index contributed by atoms with van der Waals surface area (Å²) in [6.45, 7) is 0.208. The van der Waals surface area contributed by atoms with Crippen molar-refractivity contribution in [3.8, 4) is 10.8 Å². The van der Waals surface area contributed by atoms with E-state index >= 15 is 0 Å². The molecule has 0 atom stereocenters. The summed E-state index contributed by atoms with van der Waals surface area (Å²) < 4.78 is 15.0. The Morgan fingerprint density at radius 3 is 2.94 bits per heavy atom. The smallest absolute Gasteiger partial charge is 0.376 e. The van der Waals surface area contributed by atoms with Gasteiger partial charge in [-0.25, -0.2) is 9.78 Å². The quantitative estimate of drug-likeness (QED) is 0.782. The number of carbonyl (C=O) groups excluding carboxylic acids is 1. The van der Waals surface area contributed by atoms with E-state index in [1.807, 2.05) is 17.5 Å². The van der Waals surface area contributed by atoms with E-state index in [2.05, 4.69) is 9.72 Å². The molecule has 17 heavy (non-hydrogen) atoms. The van der Waals surface area contributed by atoms with Crippen LogP contribution >= 0.6 is 11.3 Å². The van der Waals surface area contributed by atoms with Gasteiger partial charge in [-0.3, -0.25) is 0 Å². The molecule has 0 fully saturated rings. The third-order valence-electron chi connectivity index (χ3n) is 2.08. The van der Waals surface area contributed by atoms with Gasteiger partial charge >= 0.3 is 5.97 Å². The van der Waals surface area contributed by atoms with E-state index < -0.39 is 5.97 Å². The summed E-state index contributed by atoms with van der Waals surface area (Å²) in [5.41, 5.74) is 0.447. The lowest BCUT2D eigenvalue weighted by Gasteiger charge is -1.96. The van der Waals surface area contributed by atoms with Crippen LogP contribution in [-0.2, 0) is 16.1 Å². The van der Waals surface area contributed by atoms with E-state index in [9.17, 15) is 4.79 Å². The molecule has 0 N–H and O–H groups in total. The summed E-state index contributed by atoms with van der Waals surface area (Å²) in [6, 6.07) is 3.76. The van der Waals surface area contributed by atoms with Crippen LogP contribution < -0.4 is 0 Å². The van der Waals surface area contributed by atoms with Crippen LogP contribution in [0.4, 0.5) is 0 Å². The first kappa shape index (κ1) is 11.8. The van der Waals surface area contributed by atoms with Crippen LogP contribution in [-0.4, -0.2) is 25.2 Å². The second kappa shape index (κ2) is 5.11. The Morgan fingerprint density at radius 1 is 1.53 bits per heavy atom. The molecule has 2 rings (SSSR count).